The van der Waals surface area contributed by atoms with Crippen molar-refractivity contribution in [3.63, 3.8) is 0 Å². The van der Waals surface area contributed by atoms with E-state index in [-0.39, 0.29) is 11.6 Å². The van der Waals surface area contributed by atoms with Crippen LogP contribution in [0.2, 0.25) is 0 Å². The smallest absolute Gasteiger partial charge is 0.218 e. The Labute approximate surface area is 143 Å². The maximum Gasteiger partial charge on any atom is 0.218 e. The van der Waals surface area contributed by atoms with Gasteiger partial charge in [0.1, 0.15) is 12.4 Å². The van der Waals surface area contributed by atoms with Crippen LogP contribution in [0.1, 0.15) is 41.5 Å². The Balaban J connectivity index is 1.80. The number of Topliss-reactive ketones (excluding diaryl/α,β-unsaturated/α-hetero) is 1. The van der Waals surface area contributed by atoms with Crippen molar-refractivity contribution in [1.29, 1.82) is 0 Å². The predicted molar refractivity (Wildman–Crippen MR) is 93.5 cm³/mol. The third-order valence-electron chi connectivity index (χ3n) is 5.21. The van der Waals surface area contributed by atoms with E-state index in [1.54, 1.807) is 12.1 Å². The van der Waals surface area contributed by atoms with Crippen LogP contribution in [-0.2, 0) is 0 Å². The minimum absolute atomic E-state index is 0.209. The molecule has 1 fully saturated rings. The first kappa shape index (κ1) is 16.9. The van der Waals surface area contributed by atoms with Gasteiger partial charge in [-0.25, -0.2) is 4.39 Å². The Bertz CT molecular complexity index is 725. The molecule has 2 aromatic rings. The molecule has 0 amide bonds. The number of carbonyl (C=O) groups excluding carboxylic acids is 1. The van der Waals surface area contributed by atoms with Crippen molar-refractivity contribution in [1.82, 2.24) is 4.57 Å². The van der Waals surface area contributed by atoms with Gasteiger partial charge in [-0.1, -0.05) is 6.92 Å². The van der Waals surface area contributed by atoms with Crippen LogP contribution in [0.25, 0.3) is 5.69 Å². The van der Waals surface area contributed by atoms with Gasteiger partial charge in [0.05, 0.1) is 13.1 Å². The summed E-state index contributed by atoms with van der Waals surface area (Å²) in [6.45, 7) is 8.99. The second-order valence-electron chi connectivity index (χ2n) is 7.13. The Hall–Kier alpha value is -1.94. The van der Waals surface area contributed by atoms with Crippen LogP contribution in [0, 0.1) is 25.6 Å². The molecule has 3 nitrogen and oxygen atoms in total. The van der Waals surface area contributed by atoms with Gasteiger partial charge < -0.3 is 9.47 Å². The van der Waals surface area contributed by atoms with Gasteiger partial charge in [-0.05, 0) is 62.9 Å². The van der Waals surface area contributed by atoms with Crippen molar-refractivity contribution < 1.29 is 14.1 Å². The molecule has 3 rings (SSSR count). The molecule has 1 saturated heterocycles. The molecule has 0 saturated carbocycles. The van der Waals surface area contributed by atoms with E-state index in [4.69, 9.17) is 0 Å². The number of halogens is 1. The van der Waals surface area contributed by atoms with Gasteiger partial charge in [0, 0.05) is 22.6 Å². The number of carbonyl (C=O) groups is 1. The van der Waals surface area contributed by atoms with E-state index >= 15 is 0 Å². The highest BCUT2D eigenvalue weighted by molar-refractivity contribution is 5.98. The summed E-state index contributed by atoms with van der Waals surface area (Å²) in [5.41, 5.74) is 3.63. The highest BCUT2D eigenvalue weighted by Crippen LogP contribution is 2.21. The molecule has 0 bridgehead atoms. The van der Waals surface area contributed by atoms with Crippen LogP contribution in [0.3, 0.4) is 0 Å². The van der Waals surface area contributed by atoms with E-state index in [0.29, 0.717) is 6.54 Å². The summed E-state index contributed by atoms with van der Waals surface area (Å²) in [6.07, 6.45) is 2.41. The fourth-order valence-electron chi connectivity index (χ4n) is 3.70. The van der Waals surface area contributed by atoms with E-state index in [0.717, 1.165) is 41.6 Å². The lowest BCUT2D eigenvalue weighted by atomic mass is 9.99. The maximum atomic E-state index is 13.2. The van der Waals surface area contributed by atoms with E-state index in [9.17, 15) is 9.18 Å². The van der Waals surface area contributed by atoms with Crippen LogP contribution in [0.5, 0.6) is 0 Å². The van der Waals surface area contributed by atoms with Gasteiger partial charge >= 0.3 is 0 Å². The lowest BCUT2D eigenvalue weighted by Gasteiger charge is -2.26. The third-order valence-corrected chi connectivity index (χ3v) is 5.21. The Kier molecular flexibility index (Phi) is 4.86. The zero-order chi connectivity index (χ0) is 17.3. The zero-order valence-electron chi connectivity index (χ0n) is 14.7. The molecule has 0 radical (unpaired) electrons. The molecule has 128 valence electrons. The van der Waals surface area contributed by atoms with Crippen molar-refractivity contribution in [3.05, 3.63) is 53.1 Å². The number of ketones is 1. The number of likely N-dealkylation sites (tertiary alicyclic amines) is 1. The van der Waals surface area contributed by atoms with Crippen molar-refractivity contribution in [2.45, 2.75) is 33.6 Å². The predicted octanol–water partition coefficient (Wildman–Crippen LogP) is 2.73. The number of quaternary nitrogens is 1. The molecule has 1 aliphatic heterocycles. The topological polar surface area (TPSA) is 26.4 Å². The second-order valence-corrected chi connectivity index (χ2v) is 7.13. The minimum atomic E-state index is -0.250. The molecule has 1 aromatic carbocycles. The molecule has 0 aliphatic carbocycles. The van der Waals surface area contributed by atoms with Gasteiger partial charge in [0.2, 0.25) is 5.78 Å². The van der Waals surface area contributed by atoms with Crippen LogP contribution in [0.15, 0.2) is 30.3 Å². The van der Waals surface area contributed by atoms with Gasteiger partial charge in [-0.15, -0.1) is 0 Å². The van der Waals surface area contributed by atoms with Crippen LogP contribution < -0.4 is 4.90 Å². The Morgan fingerprint density at radius 1 is 1.21 bits per heavy atom. The summed E-state index contributed by atoms with van der Waals surface area (Å²) in [6, 6.07) is 8.37. The zero-order valence-corrected chi connectivity index (χ0v) is 14.7. The molecule has 2 heterocycles. The van der Waals surface area contributed by atoms with Crippen molar-refractivity contribution in [2.24, 2.45) is 5.92 Å². The SMILES string of the molecule is Cc1cc(C(=O)C[NH+]2CCC(C)CC2)c(C)n1-c1ccc(F)cc1. The number of rotatable bonds is 4. The lowest BCUT2D eigenvalue weighted by Crippen LogP contribution is -3.13. The molecular weight excluding hydrogens is 303 g/mol. The first-order valence-electron chi connectivity index (χ1n) is 8.77. The number of benzene rings is 1. The van der Waals surface area contributed by atoms with E-state index in [1.165, 1.54) is 29.9 Å². The van der Waals surface area contributed by atoms with Crippen LogP contribution >= 0.6 is 0 Å². The summed E-state index contributed by atoms with van der Waals surface area (Å²) in [7, 11) is 0. The summed E-state index contributed by atoms with van der Waals surface area (Å²) >= 11 is 0. The molecule has 1 aromatic heterocycles. The average Bonchev–Trinajstić information content (AvgIpc) is 2.85. The van der Waals surface area contributed by atoms with Crippen molar-refractivity contribution >= 4 is 5.78 Å². The average molecular weight is 329 g/mol. The summed E-state index contributed by atoms with van der Waals surface area (Å²) in [4.78, 5) is 14.2. The number of piperidine rings is 1. The number of aryl methyl sites for hydroxylation is 1. The third kappa shape index (κ3) is 3.44. The monoisotopic (exact) mass is 329 g/mol. The number of nitrogens with zero attached hydrogens (tertiary/aromatic N) is 1. The Morgan fingerprint density at radius 2 is 1.83 bits per heavy atom. The quantitative estimate of drug-likeness (QED) is 0.858. The fraction of sp³-hybridized carbons (Fsp3) is 0.450. The fourth-order valence-corrected chi connectivity index (χ4v) is 3.70. The van der Waals surface area contributed by atoms with Crippen molar-refractivity contribution in [2.75, 3.05) is 19.6 Å². The van der Waals surface area contributed by atoms with Gasteiger partial charge in [-0.3, -0.25) is 4.79 Å². The minimum Gasteiger partial charge on any atom is -0.328 e. The van der Waals surface area contributed by atoms with Gasteiger partial charge in [0.25, 0.3) is 0 Å². The number of aromatic nitrogens is 1. The van der Waals surface area contributed by atoms with Crippen molar-refractivity contribution in [3.8, 4) is 5.69 Å². The Morgan fingerprint density at radius 3 is 2.46 bits per heavy atom. The highest BCUT2D eigenvalue weighted by Gasteiger charge is 2.24. The van der Waals surface area contributed by atoms with Gasteiger partial charge in [0.15, 0.2) is 0 Å². The van der Waals surface area contributed by atoms with E-state index in [1.807, 2.05) is 24.5 Å². The lowest BCUT2D eigenvalue weighted by molar-refractivity contribution is -0.897. The summed E-state index contributed by atoms with van der Waals surface area (Å²) in [5.74, 6) is 0.744. The van der Waals surface area contributed by atoms with Crippen LogP contribution in [0.4, 0.5) is 4.39 Å². The summed E-state index contributed by atoms with van der Waals surface area (Å²) in [5, 5.41) is 0. The second kappa shape index (κ2) is 6.89. The highest BCUT2D eigenvalue weighted by atomic mass is 19.1. The first-order chi connectivity index (χ1) is 11.5. The molecule has 1 aliphatic rings. The first-order valence-corrected chi connectivity index (χ1v) is 8.77. The molecule has 0 atom stereocenters. The van der Waals surface area contributed by atoms with Gasteiger partial charge in [-0.2, -0.15) is 0 Å². The molecule has 0 unspecified atom stereocenters. The molecule has 4 heteroatoms. The number of nitrogens with one attached hydrogen (secondary N) is 1. The van der Waals surface area contributed by atoms with E-state index in [2.05, 4.69) is 6.92 Å². The number of hydrogen-bond acceptors (Lipinski definition) is 1. The van der Waals surface area contributed by atoms with E-state index < -0.39 is 0 Å². The normalized spacial score (nSPS) is 21.0. The number of hydrogen-bond donors (Lipinski definition) is 1. The molecular formula is C20H26FN2O+. The summed E-state index contributed by atoms with van der Waals surface area (Å²) < 4.78 is 15.2. The maximum absolute atomic E-state index is 13.2. The molecule has 0 spiro atoms. The molecule has 1 N–H and O–H groups in total. The standard InChI is InChI=1S/C20H25FN2O/c1-14-8-10-22(11-9-14)13-20(24)19-12-15(2)23(16(19)3)18-6-4-17(21)5-7-18/h4-7,12,14H,8-11,13H2,1-3H3/p+1. The largest absolute Gasteiger partial charge is 0.328 e. The molecule has 24 heavy (non-hydrogen) atoms. The van der Waals surface area contributed by atoms with Crippen LogP contribution in [-0.4, -0.2) is 30.0 Å².